The Morgan fingerprint density at radius 3 is 2.95 bits per heavy atom. The van der Waals surface area contributed by atoms with Gasteiger partial charge in [0, 0.05) is 18.3 Å². The van der Waals surface area contributed by atoms with Gasteiger partial charge < -0.3 is 15.0 Å². The largest absolute Gasteiger partial charge is 0.494 e. The third-order valence-corrected chi connectivity index (χ3v) is 3.29. The van der Waals surface area contributed by atoms with Crippen molar-refractivity contribution in [3.8, 4) is 5.75 Å². The Morgan fingerprint density at radius 1 is 1.53 bits per heavy atom. The van der Waals surface area contributed by atoms with E-state index < -0.39 is 5.82 Å². The fraction of sp³-hybridized carbons (Fsp3) is 0.500. The monoisotopic (exact) mass is 266 g/mol. The lowest BCUT2D eigenvalue weighted by molar-refractivity contribution is -0.118. The normalized spacial score (nSPS) is 19.0. The van der Waals surface area contributed by atoms with E-state index in [1.54, 1.807) is 17.0 Å². The van der Waals surface area contributed by atoms with E-state index in [2.05, 4.69) is 12.2 Å². The van der Waals surface area contributed by atoms with Crippen LogP contribution in [0.15, 0.2) is 18.2 Å². The van der Waals surface area contributed by atoms with Crippen molar-refractivity contribution in [2.24, 2.45) is 0 Å². The number of anilines is 1. The number of halogens is 1. The maximum atomic E-state index is 13.7. The summed E-state index contributed by atoms with van der Waals surface area (Å²) in [4.78, 5) is 13.8. The van der Waals surface area contributed by atoms with Gasteiger partial charge in [-0.3, -0.25) is 4.79 Å². The van der Waals surface area contributed by atoms with Crippen molar-refractivity contribution in [1.29, 1.82) is 0 Å². The lowest BCUT2D eigenvalue weighted by Gasteiger charge is -2.18. The summed E-state index contributed by atoms with van der Waals surface area (Å²) < 4.78 is 18.5. The number of benzene rings is 1. The SMILES string of the molecule is CCCNC1CCN(c2ccc(OC)c(F)c2)C1=O. The molecular weight excluding hydrogens is 247 g/mol. The van der Waals surface area contributed by atoms with Crippen LogP contribution in [0.25, 0.3) is 0 Å². The molecule has 1 atom stereocenters. The van der Waals surface area contributed by atoms with E-state index in [4.69, 9.17) is 4.74 Å². The number of hydrogen-bond acceptors (Lipinski definition) is 3. The van der Waals surface area contributed by atoms with Gasteiger partial charge in [-0.1, -0.05) is 6.92 Å². The highest BCUT2D eigenvalue weighted by Crippen LogP contribution is 2.26. The molecule has 1 aromatic carbocycles. The number of amides is 1. The van der Waals surface area contributed by atoms with Crippen LogP contribution in [0.5, 0.6) is 5.75 Å². The van der Waals surface area contributed by atoms with Crippen molar-refractivity contribution in [3.63, 3.8) is 0 Å². The van der Waals surface area contributed by atoms with Crippen molar-refractivity contribution in [3.05, 3.63) is 24.0 Å². The van der Waals surface area contributed by atoms with Gasteiger partial charge in [-0.15, -0.1) is 0 Å². The summed E-state index contributed by atoms with van der Waals surface area (Å²) in [5, 5.41) is 3.21. The first-order valence-electron chi connectivity index (χ1n) is 6.55. The number of hydrogen-bond donors (Lipinski definition) is 1. The van der Waals surface area contributed by atoms with Crippen LogP contribution in [0.2, 0.25) is 0 Å². The molecule has 2 rings (SSSR count). The first-order valence-corrected chi connectivity index (χ1v) is 6.55. The number of carbonyl (C=O) groups is 1. The molecule has 4 nitrogen and oxygen atoms in total. The van der Waals surface area contributed by atoms with Crippen LogP contribution in [0.4, 0.5) is 10.1 Å². The number of nitrogens with one attached hydrogen (secondary N) is 1. The number of carbonyl (C=O) groups excluding carboxylic acids is 1. The molecule has 1 fully saturated rings. The average molecular weight is 266 g/mol. The third-order valence-electron chi connectivity index (χ3n) is 3.29. The Morgan fingerprint density at radius 2 is 2.32 bits per heavy atom. The zero-order valence-corrected chi connectivity index (χ0v) is 11.3. The Bertz CT molecular complexity index is 465. The van der Waals surface area contributed by atoms with Gasteiger partial charge in [-0.2, -0.15) is 0 Å². The number of nitrogens with zero attached hydrogens (tertiary/aromatic N) is 1. The molecular formula is C14H19FN2O2. The second kappa shape index (κ2) is 6.02. The van der Waals surface area contributed by atoms with Crippen LogP contribution in [-0.2, 0) is 4.79 Å². The summed E-state index contributed by atoms with van der Waals surface area (Å²) in [6, 6.07) is 4.45. The Kier molecular flexibility index (Phi) is 4.37. The van der Waals surface area contributed by atoms with E-state index in [9.17, 15) is 9.18 Å². The van der Waals surface area contributed by atoms with Gasteiger partial charge in [0.1, 0.15) is 0 Å². The molecule has 1 aliphatic rings. The second-order valence-electron chi connectivity index (χ2n) is 4.60. The fourth-order valence-corrected chi connectivity index (χ4v) is 2.27. The van der Waals surface area contributed by atoms with Gasteiger partial charge in [-0.25, -0.2) is 4.39 Å². The predicted octanol–water partition coefficient (Wildman–Crippen LogP) is 1.94. The van der Waals surface area contributed by atoms with Gasteiger partial charge in [0.05, 0.1) is 13.2 Å². The molecule has 1 heterocycles. The highest BCUT2D eigenvalue weighted by Gasteiger charge is 2.32. The van der Waals surface area contributed by atoms with Crippen LogP contribution >= 0.6 is 0 Å². The molecule has 0 radical (unpaired) electrons. The van der Waals surface area contributed by atoms with E-state index >= 15 is 0 Å². The molecule has 0 aromatic heterocycles. The molecule has 1 aliphatic heterocycles. The van der Waals surface area contributed by atoms with Gasteiger partial charge >= 0.3 is 0 Å². The highest BCUT2D eigenvalue weighted by molar-refractivity contribution is 5.99. The highest BCUT2D eigenvalue weighted by atomic mass is 19.1. The standard InChI is InChI=1S/C14H19FN2O2/c1-3-7-16-12-6-8-17(14(12)18)10-4-5-13(19-2)11(15)9-10/h4-5,9,12,16H,3,6-8H2,1-2H3. The molecule has 0 spiro atoms. The summed E-state index contributed by atoms with van der Waals surface area (Å²) >= 11 is 0. The van der Waals surface area contributed by atoms with Crippen molar-refractivity contribution < 1.29 is 13.9 Å². The van der Waals surface area contributed by atoms with E-state index in [1.807, 2.05) is 0 Å². The molecule has 0 saturated carbocycles. The van der Waals surface area contributed by atoms with Gasteiger partial charge in [0.2, 0.25) is 5.91 Å². The van der Waals surface area contributed by atoms with E-state index in [1.165, 1.54) is 13.2 Å². The quantitative estimate of drug-likeness (QED) is 0.885. The Hall–Kier alpha value is -1.62. The van der Waals surface area contributed by atoms with Crippen molar-refractivity contribution in [2.45, 2.75) is 25.8 Å². The summed E-state index contributed by atoms with van der Waals surface area (Å²) in [7, 11) is 1.42. The summed E-state index contributed by atoms with van der Waals surface area (Å²) in [5.41, 5.74) is 0.587. The Balaban J connectivity index is 2.11. The van der Waals surface area contributed by atoms with Crippen molar-refractivity contribution in [2.75, 3.05) is 25.1 Å². The van der Waals surface area contributed by atoms with Crippen LogP contribution in [0, 0.1) is 5.82 Å². The average Bonchev–Trinajstić information content (AvgIpc) is 2.77. The molecule has 19 heavy (non-hydrogen) atoms. The maximum Gasteiger partial charge on any atom is 0.244 e. The molecule has 1 amide bonds. The first-order chi connectivity index (χ1) is 9.17. The molecule has 1 saturated heterocycles. The van der Waals surface area contributed by atoms with Crippen molar-refractivity contribution in [1.82, 2.24) is 5.32 Å². The zero-order valence-electron chi connectivity index (χ0n) is 11.3. The minimum atomic E-state index is -0.447. The smallest absolute Gasteiger partial charge is 0.244 e. The van der Waals surface area contributed by atoms with Crippen molar-refractivity contribution >= 4 is 11.6 Å². The lowest BCUT2D eigenvalue weighted by Crippen LogP contribution is -2.38. The molecule has 1 unspecified atom stereocenters. The third kappa shape index (κ3) is 2.87. The van der Waals surface area contributed by atoms with Crippen LogP contribution in [-0.4, -0.2) is 32.1 Å². The first kappa shape index (κ1) is 13.8. The van der Waals surface area contributed by atoms with Crippen LogP contribution < -0.4 is 15.0 Å². The number of methoxy groups -OCH3 is 1. The predicted molar refractivity (Wildman–Crippen MR) is 72.0 cm³/mol. The van der Waals surface area contributed by atoms with Crippen LogP contribution in [0.3, 0.4) is 0 Å². The number of rotatable bonds is 5. The molecule has 0 aliphatic carbocycles. The molecule has 1 N–H and O–H groups in total. The van der Waals surface area contributed by atoms with Gasteiger partial charge in [-0.05, 0) is 31.5 Å². The van der Waals surface area contributed by atoms with Gasteiger partial charge in [0.15, 0.2) is 11.6 Å². The minimum absolute atomic E-state index is 0.0121. The lowest BCUT2D eigenvalue weighted by atomic mass is 10.2. The van der Waals surface area contributed by atoms with Gasteiger partial charge in [0.25, 0.3) is 0 Å². The number of ether oxygens (including phenoxy) is 1. The van der Waals surface area contributed by atoms with E-state index in [0.29, 0.717) is 12.2 Å². The zero-order chi connectivity index (χ0) is 13.8. The minimum Gasteiger partial charge on any atom is -0.494 e. The fourth-order valence-electron chi connectivity index (χ4n) is 2.27. The summed E-state index contributed by atoms with van der Waals surface area (Å²) in [5.74, 6) is -0.244. The molecule has 1 aromatic rings. The van der Waals surface area contributed by atoms with E-state index in [0.717, 1.165) is 19.4 Å². The Labute approximate surface area is 112 Å². The molecule has 5 heteroatoms. The molecule has 104 valence electrons. The summed E-state index contributed by atoms with van der Waals surface area (Å²) in [6.45, 7) is 3.50. The molecule has 0 bridgehead atoms. The second-order valence-corrected chi connectivity index (χ2v) is 4.60. The summed E-state index contributed by atoms with van der Waals surface area (Å²) in [6.07, 6.45) is 1.74. The van der Waals surface area contributed by atoms with E-state index in [-0.39, 0.29) is 17.7 Å². The van der Waals surface area contributed by atoms with Crippen LogP contribution in [0.1, 0.15) is 19.8 Å². The maximum absolute atomic E-state index is 13.7. The topological polar surface area (TPSA) is 41.6 Å².